The molecule has 2 rings (SSSR count). The highest BCUT2D eigenvalue weighted by atomic mass is 16.1. The number of hydrogen-bond acceptors (Lipinski definition) is 3. The third-order valence-electron chi connectivity index (χ3n) is 3.31. The SMILES string of the molecule is CCC(CC)n1c(=O)[nH]c2ncc(CC(N)=O)cc21. The first-order chi connectivity index (χ1) is 9.06. The summed E-state index contributed by atoms with van der Waals surface area (Å²) in [5.41, 5.74) is 7.02. The van der Waals surface area contributed by atoms with Gasteiger partial charge in [-0.1, -0.05) is 13.8 Å². The molecule has 2 heterocycles. The molecular weight excluding hydrogens is 244 g/mol. The van der Waals surface area contributed by atoms with Gasteiger partial charge in [0.25, 0.3) is 0 Å². The summed E-state index contributed by atoms with van der Waals surface area (Å²) in [6.45, 7) is 4.08. The van der Waals surface area contributed by atoms with Crippen molar-refractivity contribution < 1.29 is 4.79 Å². The van der Waals surface area contributed by atoms with Crippen molar-refractivity contribution in [1.82, 2.24) is 14.5 Å². The molecule has 0 atom stereocenters. The van der Waals surface area contributed by atoms with Crippen LogP contribution >= 0.6 is 0 Å². The number of fused-ring (bicyclic) bond motifs is 1. The number of carbonyl (C=O) groups excluding carboxylic acids is 1. The lowest BCUT2D eigenvalue weighted by molar-refractivity contribution is -0.117. The summed E-state index contributed by atoms with van der Waals surface area (Å²) in [7, 11) is 0. The maximum Gasteiger partial charge on any atom is 0.327 e. The largest absolute Gasteiger partial charge is 0.369 e. The zero-order valence-electron chi connectivity index (χ0n) is 11.1. The second-order valence-corrected chi connectivity index (χ2v) is 4.62. The van der Waals surface area contributed by atoms with E-state index in [4.69, 9.17) is 5.73 Å². The monoisotopic (exact) mass is 262 g/mol. The van der Waals surface area contributed by atoms with Crippen molar-refractivity contribution >= 4 is 17.1 Å². The van der Waals surface area contributed by atoms with Crippen LogP contribution in [0.5, 0.6) is 0 Å². The Morgan fingerprint density at radius 2 is 2.16 bits per heavy atom. The molecular formula is C13H18N4O2. The average Bonchev–Trinajstić information content (AvgIpc) is 2.67. The first-order valence-corrected chi connectivity index (χ1v) is 6.44. The number of H-pyrrole nitrogens is 1. The lowest BCUT2D eigenvalue weighted by Crippen LogP contribution is -2.21. The molecule has 0 aromatic carbocycles. The van der Waals surface area contributed by atoms with Crippen LogP contribution in [-0.4, -0.2) is 20.4 Å². The van der Waals surface area contributed by atoms with E-state index in [0.717, 1.165) is 23.9 Å². The summed E-state index contributed by atoms with van der Waals surface area (Å²) in [6, 6.07) is 1.94. The van der Waals surface area contributed by atoms with Crippen LogP contribution in [0, 0.1) is 0 Å². The summed E-state index contributed by atoms with van der Waals surface area (Å²) in [5, 5.41) is 0. The molecule has 2 aromatic rings. The van der Waals surface area contributed by atoms with Crippen LogP contribution in [0.3, 0.4) is 0 Å². The Labute approximate surface area is 110 Å². The predicted octanol–water partition coefficient (Wildman–Crippen LogP) is 1.11. The lowest BCUT2D eigenvalue weighted by Gasteiger charge is -2.14. The van der Waals surface area contributed by atoms with Gasteiger partial charge in [-0.05, 0) is 24.5 Å². The molecule has 2 aromatic heterocycles. The van der Waals surface area contributed by atoms with Crippen LogP contribution in [0.1, 0.15) is 38.3 Å². The number of primary amides is 1. The standard InChI is InChI=1S/C13H18N4O2/c1-3-9(4-2)17-10-5-8(6-11(14)18)7-15-12(10)16-13(17)19/h5,7,9H,3-4,6H2,1-2H3,(H2,14,18)(H,15,16,19). The number of amides is 1. The van der Waals surface area contributed by atoms with Crippen molar-refractivity contribution in [2.24, 2.45) is 5.73 Å². The highest BCUT2D eigenvalue weighted by molar-refractivity contribution is 5.78. The lowest BCUT2D eigenvalue weighted by atomic mass is 10.1. The van der Waals surface area contributed by atoms with Gasteiger partial charge in [0.15, 0.2) is 5.65 Å². The van der Waals surface area contributed by atoms with Gasteiger partial charge < -0.3 is 5.73 Å². The maximum absolute atomic E-state index is 12.0. The van der Waals surface area contributed by atoms with Crippen LogP contribution in [0.25, 0.3) is 11.2 Å². The van der Waals surface area contributed by atoms with E-state index in [-0.39, 0.29) is 18.2 Å². The van der Waals surface area contributed by atoms with E-state index in [9.17, 15) is 9.59 Å². The molecule has 6 nitrogen and oxygen atoms in total. The Kier molecular flexibility index (Phi) is 3.69. The predicted molar refractivity (Wildman–Crippen MR) is 72.9 cm³/mol. The number of nitrogens with zero attached hydrogens (tertiary/aromatic N) is 2. The van der Waals surface area contributed by atoms with Crippen LogP contribution in [0.2, 0.25) is 0 Å². The number of carbonyl (C=O) groups is 1. The minimum atomic E-state index is -0.409. The minimum absolute atomic E-state index is 0.130. The van der Waals surface area contributed by atoms with Gasteiger partial charge in [-0.2, -0.15) is 0 Å². The molecule has 3 N–H and O–H groups in total. The zero-order chi connectivity index (χ0) is 14.0. The third kappa shape index (κ3) is 2.52. The number of hydrogen-bond donors (Lipinski definition) is 2. The van der Waals surface area contributed by atoms with Crippen molar-refractivity contribution in [2.75, 3.05) is 0 Å². The topological polar surface area (TPSA) is 93.8 Å². The van der Waals surface area contributed by atoms with Crippen LogP contribution in [0.4, 0.5) is 0 Å². The average molecular weight is 262 g/mol. The van der Waals surface area contributed by atoms with E-state index in [1.807, 2.05) is 19.9 Å². The molecule has 0 bridgehead atoms. The normalized spacial score (nSPS) is 11.3. The molecule has 0 aliphatic rings. The van der Waals surface area contributed by atoms with Gasteiger partial charge in [0, 0.05) is 12.2 Å². The van der Waals surface area contributed by atoms with Crippen molar-refractivity contribution in [3.05, 3.63) is 28.3 Å². The minimum Gasteiger partial charge on any atom is -0.369 e. The second kappa shape index (κ2) is 5.26. The third-order valence-corrected chi connectivity index (χ3v) is 3.31. The maximum atomic E-state index is 12.0. The van der Waals surface area contributed by atoms with E-state index in [1.54, 1.807) is 10.8 Å². The Morgan fingerprint density at radius 3 is 2.74 bits per heavy atom. The Morgan fingerprint density at radius 1 is 1.47 bits per heavy atom. The molecule has 0 fully saturated rings. The fraction of sp³-hybridized carbons (Fsp3) is 0.462. The van der Waals surface area contributed by atoms with Gasteiger partial charge in [-0.25, -0.2) is 9.78 Å². The van der Waals surface area contributed by atoms with Gasteiger partial charge in [-0.3, -0.25) is 14.3 Å². The molecule has 0 radical (unpaired) electrons. The van der Waals surface area contributed by atoms with Gasteiger partial charge in [0.1, 0.15) is 0 Å². The molecule has 0 unspecified atom stereocenters. The first-order valence-electron chi connectivity index (χ1n) is 6.44. The highest BCUT2D eigenvalue weighted by Gasteiger charge is 2.15. The number of imidazole rings is 1. The molecule has 6 heteroatoms. The molecule has 102 valence electrons. The first kappa shape index (κ1) is 13.3. The molecule has 1 amide bonds. The molecule has 0 saturated heterocycles. The fourth-order valence-corrected chi connectivity index (χ4v) is 2.36. The van der Waals surface area contributed by atoms with E-state index in [1.165, 1.54) is 0 Å². The number of nitrogens with two attached hydrogens (primary N) is 1. The van der Waals surface area contributed by atoms with Crippen LogP contribution in [0.15, 0.2) is 17.1 Å². The van der Waals surface area contributed by atoms with Gasteiger partial charge in [0.05, 0.1) is 11.9 Å². The Balaban J connectivity index is 2.59. The summed E-state index contributed by atoms with van der Waals surface area (Å²) < 4.78 is 1.72. The molecule has 0 spiro atoms. The van der Waals surface area contributed by atoms with Crippen LogP contribution < -0.4 is 11.4 Å². The number of rotatable bonds is 5. The molecule has 0 aliphatic heterocycles. The zero-order valence-corrected chi connectivity index (χ0v) is 11.1. The van der Waals surface area contributed by atoms with E-state index < -0.39 is 5.91 Å². The number of nitrogens with one attached hydrogen (secondary N) is 1. The summed E-state index contributed by atoms with van der Waals surface area (Å²) in [6.07, 6.45) is 3.43. The highest BCUT2D eigenvalue weighted by Crippen LogP contribution is 2.19. The molecule has 19 heavy (non-hydrogen) atoms. The summed E-state index contributed by atoms with van der Waals surface area (Å²) in [5.74, 6) is -0.409. The van der Waals surface area contributed by atoms with Crippen LogP contribution in [-0.2, 0) is 11.2 Å². The van der Waals surface area contributed by atoms with E-state index in [0.29, 0.717) is 5.65 Å². The van der Waals surface area contributed by atoms with Crippen molar-refractivity contribution in [1.29, 1.82) is 0 Å². The quantitative estimate of drug-likeness (QED) is 0.845. The Hall–Kier alpha value is -2.11. The molecule has 0 aliphatic carbocycles. The van der Waals surface area contributed by atoms with Crippen molar-refractivity contribution in [3.63, 3.8) is 0 Å². The Bertz CT molecular complexity index is 652. The van der Waals surface area contributed by atoms with Gasteiger partial charge >= 0.3 is 5.69 Å². The second-order valence-electron chi connectivity index (χ2n) is 4.62. The smallest absolute Gasteiger partial charge is 0.327 e. The summed E-state index contributed by atoms with van der Waals surface area (Å²) in [4.78, 5) is 29.9. The summed E-state index contributed by atoms with van der Waals surface area (Å²) >= 11 is 0. The van der Waals surface area contributed by atoms with Crippen molar-refractivity contribution in [2.45, 2.75) is 39.2 Å². The number of pyridine rings is 1. The van der Waals surface area contributed by atoms with E-state index >= 15 is 0 Å². The van der Waals surface area contributed by atoms with E-state index in [2.05, 4.69) is 9.97 Å². The number of aromatic amines is 1. The fourth-order valence-electron chi connectivity index (χ4n) is 2.36. The number of aromatic nitrogens is 3. The molecule has 0 saturated carbocycles. The van der Waals surface area contributed by atoms with Crippen molar-refractivity contribution in [3.8, 4) is 0 Å². The van der Waals surface area contributed by atoms with Gasteiger partial charge in [0.2, 0.25) is 5.91 Å². The van der Waals surface area contributed by atoms with Gasteiger partial charge in [-0.15, -0.1) is 0 Å².